The minimum absolute atomic E-state index is 0.104. The summed E-state index contributed by atoms with van der Waals surface area (Å²) < 4.78 is 16.2. The third kappa shape index (κ3) is 7.06. The second-order valence-corrected chi connectivity index (χ2v) is 8.90. The summed E-state index contributed by atoms with van der Waals surface area (Å²) in [5, 5.41) is 18.3. The van der Waals surface area contributed by atoms with E-state index in [-0.39, 0.29) is 23.6 Å². The van der Waals surface area contributed by atoms with Gasteiger partial charge in [0.2, 0.25) is 5.75 Å². The van der Waals surface area contributed by atoms with Gasteiger partial charge in [-0.15, -0.1) is 0 Å². The molecule has 9 nitrogen and oxygen atoms in total. The van der Waals surface area contributed by atoms with E-state index in [1.54, 1.807) is 62.4 Å². The van der Waals surface area contributed by atoms with Crippen LogP contribution in [0.2, 0.25) is 0 Å². The maximum atomic E-state index is 13.1. The van der Waals surface area contributed by atoms with Crippen molar-refractivity contribution >= 4 is 17.7 Å². The Morgan fingerprint density at radius 1 is 0.897 bits per heavy atom. The Bertz CT molecular complexity index is 1380. The van der Waals surface area contributed by atoms with Crippen LogP contribution in [-0.2, 0) is 14.3 Å². The topological polar surface area (TPSA) is 139 Å². The van der Waals surface area contributed by atoms with Crippen molar-refractivity contribution in [2.45, 2.75) is 39.2 Å². The lowest BCUT2D eigenvalue weighted by atomic mass is 9.86. The molecule has 3 rings (SSSR count). The molecule has 0 N–H and O–H groups in total. The fourth-order valence-electron chi connectivity index (χ4n) is 4.12. The van der Waals surface area contributed by atoms with Gasteiger partial charge in [-0.2, -0.15) is 10.5 Å². The number of methoxy groups -OCH3 is 1. The molecule has 198 valence electrons. The van der Waals surface area contributed by atoms with Gasteiger partial charge in [0.05, 0.1) is 36.3 Å². The number of carbonyl (C=O) groups is 3. The molecule has 0 aliphatic rings. The number of hydrogen-bond acceptors (Lipinski definition) is 9. The van der Waals surface area contributed by atoms with E-state index in [4.69, 9.17) is 24.7 Å². The van der Waals surface area contributed by atoms with Crippen LogP contribution in [-0.4, -0.2) is 35.9 Å². The van der Waals surface area contributed by atoms with Gasteiger partial charge >= 0.3 is 11.9 Å². The van der Waals surface area contributed by atoms with Crippen LogP contribution in [0.3, 0.4) is 0 Å². The third-order valence-corrected chi connectivity index (χ3v) is 6.06. The van der Waals surface area contributed by atoms with Gasteiger partial charge in [-0.3, -0.25) is 14.4 Å². The van der Waals surface area contributed by atoms with Crippen molar-refractivity contribution < 1.29 is 28.6 Å². The number of ketones is 1. The largest absolute Gasteiger partial charge is 0.493 e. The molecule has 39 heavy (non-hydrogen) atoms. The number of hydrogen-bond donors (Lipinski definition) is 0. The summed E-state index contributed by atoms with van der Waals surface area (Å²) in [4.78, 5) is 41.7. The maximum Gasteiger partial charge on any atom is 0.309 e. The molecule has 0 saturated heterocycles. The molecular weight excluding hydrogens is 498 g/mol. The highest BCUT2D eigenvalue weighted by atomic mass is 16.6. The van der Waals surface area contributed by atoms with E-state index in [1.165, 1.54) is 26.3 Å². The Morgan fingerprint density at radius 3 is 1.90 bits per heavy atom. The average Bonchev–Trinajstić information content (AvgIpc) is 2.93. The quantitative estimate of drug-likeness (QED) is 0.271. The van der Waals surface area contributed by atoms with Crippen LogP contribution in [0.15, 0.2) is 60.8 Å². The Morgan fingerprint density at radius 2 is 1.44 bits per heavy atom. The summed E-state index contributed by atoms with van der Waals surface area (Å²) in [7, 11) is 1.37. The smallest absolute Gasteiger partial charge is 0.309 e. The van der Waals surface area contributed by atoms with Crippen LogP contribution < -0.4 is 9.47 Å². The van der Waals surface area contributed by atoms with E-state index in [0.717, 1.165) is 11.1 Å². The lowest BCUT2D eigenvalue weighted by Crippen LogP contribution is -2.28. The van der Waals surface area contributed by atoms with Gasteiger partial charge in [-0.1, -0.05) is 31.2 Å². The molecule has 2 atom stereocenters. The molecule has 1 aromatic heterocycles. The van der Waals surface area contributed by atoms with Crippen LogP contribution in [0.1, 0.15) is 65.9 Å². The van der Waals surface area contributed by atoms with Crippen molar-refractivity contribution in [2.75, 3.05) is 7.11 Å². The number of benzene rings is 2. The number of Topliss-reactive ketones (excluding diaryl/α,β-unsaturated/α-hetero) is 1. The summed E-state index contributed by atoms with van der Waals surface area (Å²) in [5.41, 5.74) is 2.50. The maximum absolute atomic E-state index is 13.1. The molecule has 0 spiro atoms. The van der Waals surface area contributed by atoms with E-state index < -0.39 is 35.7 Å². The first kappa shape index (κ1) is 28.5. The molecule has 0 radical (unpaired) electrons. The SMILES string of the molecule is COc1ccnc(C(=O)C[C@@H](C)C(=O)O[C@@H](C)C(c2ccc(C#N)cc2)c2ccc(C#N)cc2)c1OC(C)=O. The Kier molecular flexibility index (Phi) is 9.50. The van der Waals surface area contributed by atoms with Gasteiger partial charge in [0.25, 0.3) is 0 Å². The minimum Gasteiger partial charge on any atom is -0.493 e. The number of nitriles is 2. The highest BCUT2D eigenvalue weighted by molar-refractivity contribution is 5.99. The molecule has 2 aromatic carbocycles. The van der Waals surface area contributed by atoms with E-state index in [9.17, 15) is 14.4 Å². The van der Waals surface area contributed by atoms with Crippen LogP contribution in [0.25, 0.3) is 0 Å². The van der Waals surface area contributed by atoms with Gasteiger partial charge < -0.3 is 14.2 Å². The number of nitrogens with zero attached hydrogens (tertiary/aromatic N) is 3. The summed E-state index contributed by atoms with van der Waals surface area (Å²) >= 11 is 0. The van der Waals surface area contributed by atoms with Gasteiger partial charge in [0.1, 0.15) is 6.10 Å². The Balaban J connectivity index is 1.81. The number of pyridine rings is 1. The first-order valence-corrected chi connectivity index (χ1v) is 12.1. The fourth-order valence-corrected chi connectivity index (χ4v) is 4.12. The zero-order valence-corrected chi connectivity index (χ0v) is 22.0. The Labute approximate surface area is 226 Å². The summed E-state index contributed by atoms with van der Waals surface area (Å²) in [5.74, 6) is -2.92. The number of carbonyl (C=O) groups excluding carboxylic acids is 3. The van der Waals surface area contributed by atoms with Crippen molar-refractivity contribution in [3.63, 3.8) is 0 Å². The monoisotopic (exact) mass is 525 g/mol. The van der Waals surface area contributed by atoms with Crippen molar-refractivity contribution in [3.8, 4) is 23.6 Å². The van der Waals surface area contributed by atoms with Gasteiger partial charge in [-0.05, 0) is 42.3 Å². The lowest BCUT2D eigenvalue weighted by Gasteiger charge is -2.26. The number of rotatable bonds is 10. The molecule has 0 bridgehead atoms. The molecule has 1 heterocycles. The van der Waals surface area contributed by atoms with Gasteiger partial charge in [-0.25, -0.2) is 4.98 Å². The highest BCUT2D eigenvalue weighted by Crippen LogP contribution is 2.33. The molecular formula is C30H27N3O6. The molecule has 0 fully saturated rings. The van der Waals surface area contributed by atoms with Crippen LogP contribution >= 0.6 is 0 Å². The molecule has 0 aliphatic heterocycles. The molecule has 0 amide bonds. The first-order chi connectivity index (χ1) is 18.7. The van der Waals surface area contributed by atoms with E-state index in [2.05, 4.69) is 17.1 Å². The van der Waals surface area contributed by atoms with E-state index in [1.807, 2.05) is 0 Å². The number of aromatic nitrogens is 1. The van der Waals surface area contributed by atoms with Crippen molar-refractivity contribution in [1.82, 2.24) is 4.98 Å². The molecule has 9 heteroatoms. The molecule has 0 aliphatic carbocycles. The summed E-state index contributed by atoms with van der Waals surface area (Å²) in [6.07, 6.45) is 0.463. The second-order valence-electron chi connectivity index (χ2n) is 8.90. The van der Waals surface area contributed by atoms with Crippen molar-refractivity contribution in [1.29, 1.82) is 10.5 Å². The highest BCUT2D eigenvalue weighted by Gasteiger charge is 2.29. The molecule has 0 unspecified atom stereocenters. The van der Waals surface area contributed by atoms with E-state index in [0.29, 0.717) is 11.1 Å². The van der Waals surface area contributed by atoms with Crippen molar-refractivity contribution in [2.24, 2.45) is 5.92 Å². The Hall–Kier alpha value is -5.02. The number of esters is 2. The standard InChI is InChI=1S/C30H27N3O6/c1-18(15-25(35)28-29(39-20(3)34)26(37-4)13-14-33-28)30(36)38-19(2)27(23-9-5-21(16-31)6-10-23)24-11-7-22(17-32)8-12-24/h5-14,18-19,27H,15H2,1-4H3/t18-,19+/m1/s1. The molecule has 3 aromatic rings. The normalized spacial score (nSPS) is 12.0. The van der Waals surface area contributed by atoms with Crippen LogP contribution in [0.4, 0.5) is 0 Å². The summed E-state index contributed by atoms with van der Waals surface area (Å²) in [6.45, 7) is 4.51. The van der Waals surface area contributed by atoms with Crippen molar-refractivity contribution in [3.05, 3.63) is 88.7 Å². The predicted octanol–water partition coefficient (Wildman–Crippen LogP) is 4.73. The third-order valence-electron chi connectivity index (χ3n) is 6.06. The van der Waals surface area contributed by atoms with Crippen LogP contribution in [0.5, 0.6) is 11.5 Å². The molecule has 0 saturated carbocycles. The first-order valence-electron chi connectivity index (χ1n) is 12.1. The zero-order chi connectivity index (χ0) is 28.5. The average molecular weight is 526 g/mol. The lowest BCUT2D eigenvalue weighted by molar-refractivity contribution is -0.153. The zero-order valence-electron chi connectivity index (χ0n) is 22.0. The van der Waals surface area contributed by atoms with Crippen LogP contribution in [0, 0.1) is 28.6 Å². The van der Waals surface area contributed by atoms with Gasteiger partial charge in [0, 0.05) is 31.5 Å². The second kappa shape index (κ2) is 13.0. The van der Waals surface area contributed by atoms with E-state index >= 15 is 0 Å². The fraction of sp³-hybridized carbons (Fsp3) is 0.267. The number of ether oxygens (including phenoxy) is 3. The minimum atomic E-state index is -0.833. The van der Waals surface area contributed by atoms with Gasteiger partial charge in [0.15, 0.2) is 17.2 Å². The summed E-state index contributed by atoms with van der Waals surface area (Å²) in [6, 6.07) is 19.5. The predicted molar refractivity (Wildman–Crippen MR) is 140 cm³/mol.